The van der Waals surface area contributed by atoms with Crippen molar-refractivity contribution < 1.29 is 9.15 Å². The molecular formula is C14H20N4O2. The number of aromatic nitrogens is 2. The summed E-state index contributed by atoms with van der Waals surface area (Å²) in [6.07, 6.45) is 5.03. The van der Waals surface area contributed by atoms with Crippen molar-refractivity contribution in [1.29, 1.82) is 0 Å². The molecule has 0 aromatic carbocycles. The Balaban J connectivity index is 1.98. The fourth-order valence-electron chi connectivity index (χ4n) is 1.97. The lowest BCUT2D eigenvalue weighted by Crippen LogP contribution is -2.18. The van der Waals surface area contributed by atoms with Crippen LogP contribution >= 0.6 is 0 Å². The van der Waals surface area contributed by atoms with Crippen molar-refractivity contribution in [3.05, 3.63) is 30.5 Å². The molecule has 0 aliphatic heterocycles. The van der Waals surface area contributed by atoms with Gasteiger partial charge in [-0.25, -0.2) is 9.97 Å². The molecule has 2 heterocycles. The maximum atomic E-state index is 5.35. The number of hydrogen-bond acceptors (Lipinski definition) is 6. The number of rotatable bonds is 7. The second-order valence-corrected chi connectivity index (χ2v) is 4.52. The number of ether oxygens (including phenoxy) is 1. The van der Waals surface area contributed by atoms with Crippen LogP contribution in [0, 0.1) is 0 Å². The van der Waals surface area contributed by atoms with Gasteiger partial charge in [0.15, 0.2) is 11.6 Å². The summed E-state index contributed by atoms with van der Waals surface area (Å²) in [7, 11) is 3.41. The lowest BCUT2D eigenvalue weighted by molar-refractivity contribution is 0.414. The molecule has 20 heavy (non-hydrogen) atoms. The van der Waals surface area contributed by atoms with E-state index in [9.17, 15) is 0 Å². The second-order valence-electron chi connectivity index (χ2n) is 4.52. The lowest BCUT2D eigenvalue weighted by atomic mass is 10.1. The SMILES string of the molecule is CNc1ncnc(NC(C)CCc2ccco2)c1OC. The maximum absolute atomic E-state index is 5.35. The molecule has 0 radical (unpaired) electrons. The first kappa shape index (κ1) is 14.2. The molecule has 0 fully saturated rings. The zero-order valence-electron chi connectivity index (χ0n) is 12.0. The summed E-state index contributed by atoms with van der Waals surface area (Å²) >= 11 is 0. The lowest BCUT2D eigenvalue weighted by Gasteiger charge is -2.17. The normalized spacial score (nSPS) is 11.9. The topological polar surface area (TPSA) is 72.2 Å². The van der Waals surface area contributed by atoms with Gasteiger partial charge in [-0.2, -0.15) is 0 Å². The molecular weight excluding hydrogens is 256 g/mol. The minimum atomic E-state index is 0.244. The zero-order valence-corrected chi connectivity index (χ0v) is 12.0. The zero-order chi connectivity index (χ0) is 14.4. The van der Waals surface area contributed by atoms with Crippen molar-refractivity contribution in [3.8, 4) is 5.75 Å². The molecule has 0 saturated carbocycles. The van der Waals surface area contributed by atoms with E-state index in [0.29, 0.717) is 17.4 Å². The third-order valence-corrected chi connectivity index (χ3v) is 3.03. The highest BCUT2D eigenvalue weighted by Crippen LogP contribution is 2.29. The van der Waals surface area contributed by atoms with Crippen LogP contribution in [0.3, 0.4) is 0 Å². The molecule has 6 heteroatoms. The van der Waals surface area contributed by atoms with E-state index in [1.807, 2.05) is 12.1 Å². The molecule has 0 amide bonds. The summed E-state index contributed by atoms with van der Waals surface area (Å²) in [4.78, 5) is 8.35. The molecule has 0 spiro atoms. The quantitative estimate of drug-likeness (QED) is 0.809. The molecule has 0 aliphatic rings. The van der Waals surface area contributed by atoms with Gasteiger partial charge in [-0.1, -0.05) is 0 Å². The molecule has 0 aliphatic carbocycles. The number of aryl methyl sites for hydroxylation is 1. The molecule has 1 atom stereocenters. The van der Waals surface area contributed by atoms with Gasteiger partial charge >= 0.3 is 0 Å². The summed E-state index contributed by atoms with van der Waals surface area (Å²) in [6, 6.07) is 4.13. The van der Waals surface area contributed by atoms with Crippen molar-refractivity contribution in [2.45, 2.75) is 25.8 Å². The Morgan fingerprint density at radius 2 is 2.15 bits per heavy atom. The Kier molecular flexibility index (Phi) is 4.81. The van der Waals surface area contributed by atoms with Gasteiger partial charge < -0.3 is 19.8 Å². The van der Waals surface area contributed by atoms with Gasteiger partial charge in [-0.3, -0.25) is 0 Å². The molecule has 0 saturated heterocycles. The predicted molar refractivity (Wildman–Crippen MR) is 78.2 cm³/mol. The highest BCUT2D eigenvalue weighted by atomic mass is 16.5. The number of nitrogens with zero attached hydrogens (tertiary/aromatic N) is 2. The van der Waals surface area contributed by atoms with Gasteiger partial charge in [0, 0.05) is 19.5 Å². The predicted octanol–water partition coefficient (Wildman–Crippen LogP) is 2.55. The average molecular weight is 276 g/mol. The minimum Gasteiger partial charge on any atom is -0.490 e. The highest BCUT2D eigenvalue weighted by molar-refractivity contribution is 5.63. The Morgan fingerprint density at radius 3 is 2.80 bits per heavy atom. The third kappa shape index (κ3) is 3.40. The molecule has 6 nitrogen and oxygen atoms in total. The number of anilines is 2. The summed E-state index contributed by atoms with van der Waals surface area (Å²) in [5.41, 5.74) is 0. The largest absolute Gasteiger partial charge is 0.490 e. The smallest absolute Gasteiger partial charge is 0.204 e. The summed E-state index contributed by atoms with van der Waals surface area (Å²) in [6.45, 7) is 2.10. The van der Waals surface area contributed by atoms with Crippen LogP contribution in [0.5, 0.6) is 5.75 Å². The van der Waals surface area contributed by atoms with Crippen LogP contribution in [-0.4, -0.2) is 30.2 Å². The fraction of sp³-hybridized carbons (Fsp3) is 0.429. The molecule has 0 bridgehead atoms. The standard InChI is InChI=1S/C14H20N4O2/c1-10(6-7-11-5-4-8-20-11)18-14-12(19-3)13(15-2)16-9-17-14/h4-5,8-10H,6-7H2,1-3H3,(H2,15,16,17,18). The third-order valence-electron chi connectivity index (χ3n) is 3.03. The van der Waals surface area contributed by atoms with Gasteiger partial charge in [0.2, 0.25) is 5.75 Å². The van der Waals surface area contributed by atoms with E-state index in [1.165, 1.54) is 6.33 Å². The van der Waals surface area contributed by atoms with Crippen LogP contribution in [0.2, 0.25) is 0 Å². The minimum absolute atomic E-state index is 0.244. The summed E-state index contributed by atoms with van der Waals surface area (Å²) in [5.74, 6) is 2.98. The highest BCUT2D eigenvalue weighted by Gasteiger charge is 2.13. The molecule has 2 N–H and O–H groups in total. The van der Waals surface area contributed by atoms with Crippen LogP contribution in [-0.2, 0) is 6.42 Å². The summed E-state index contributed by atoms with van der Waals surface area (Å²) in [5, 5.41) is 6.32. The second kappa shape index (κ2) is 6.79. The maximum Gasteiger partial charge on any atom is 0.204 e. The first-order valence-corrected chi connectivity index (χ1v) is 6.60. The van der Waals surface area contributed by atoms with Crippen LogP contribution < -0.4 is 15.4 Å². The van der Waals surface area contributed by atoms with E-state index in [-0.39, 0.29) is 6.04 Å². The monoisotopic (exact) mass is 276 g/mol. The van der Waals surface area contributed by atoms with Gasteiger partial charge in [0.05, 0.1) is 13.4 Å². The van der Waals surface area contributed by atoms with Crippen LogP contribution in [0.4, 0.5) is 11.6 Å². The van der Waals surface area contributed by atoms with E-state index in [4.69, 9.17) is 9.15 Å². The van der Waals surface area contributed by atoms with Crippen molar-refractivity contribution in [2.24, 2.45) is 0 Å². The van der Waals surface area contributed by atoms with Crippen molar-refractivity contribution >= 4 is 11.6 Å². The molecule has 2 aromatic heterocycles. The van der Waals surface area contributed by atoms with Crippen LogP contribution in [0.1, 0.15) is 19.1 Å². The first-order valence-electron chi connectivity index (χ1n) is 6.60. The van der Waals surface area contributed by atoms with Crippen LogP contribution in [0.15, 0.2) is 29.1 Å². The van der Waals surface area contributed by atoms with E-state index in [1.54, 1.807) is 20.4 Å². The number of hydrogen-bond donors (Lipinski definition) is 2. The van der Waals surface area contributed by atoms with E-state index in [2.05, 4.69) is 27.5 Å². The van der Waals surface area contributed by atoms with Gasteiger partial charge in [-0.15, -0.1) is 0 Å². The molecule has 2 aromatic rings. The number of nitrogens with one attached hydrogen (secondary N) is 2. The molecule has 2 rings (SSSR count). The van der Waals surface area contributed by atoms with Crippen molar-refractivity contribution in [3.63, 3.8) is 0 Å². The van der Waals surface area contributed by atoms with Gasteiger partial charge in [-0.05, 0) is 25.5 Å². The Morgan fingerprint density at radius 1 is 1.35 bits per heavy atom. The van der Waals surface area contributed by atoms with E-state index < -0.39 is 0 Å². The Bertz CT molecular complexity index is 528. The van der Waals surface area contributed by atoms with Gasteiger partial charge in [0.1, 0.15) is 12.1 Å². The van der Waals surface area contributed by atoms with Gasteiger partial charge in [0.25, 0.3) is 0 Å². The fourth-order valence-corrected chi connectivity index (χ4v) is 1.97. The molecule has 108 valence electrons. The van der Waals surface area contributed by atoms with Crippen molar-refractivity contribution in [1.82, 2.24) is 9.97 Å². The van der Waals surface area contributed by atoms with Crippen LogP contribution in [0.25, 0.3) is 0 Å². The summed E-state index contributed by atoms with van der Waals surface area (Å²) < 4.78 is 10.7. The number of methoxy groups -OCH3 is 1. The average Bonchev–Trinajstić information content (AvgIpc) is 2.98. The van der Waals surface area contributed by atoms with Crippen molar-refractivity contribution in [2.75, 3.05) is 24.8 Å². The van der Waals surface area contributed by atoms with E-state index >= 15 is 0 Å². The Hall–Kier alpha value is -2.24. The number of furan rings is 1. The Labute approximate surface area is 118 Å². The molecule has 1 unspecified atom stereocenters. The first-order chi connectivity index (χ1) is 9.74. The van der Waals surface area contributed by atoms with E-state index in [0.717, 1.165) is 18.6 Å².